The van der Waals surface area contributed by atoms with Crippen molar-refractivity contribution < 1.29 is 14.4 Å². The number of hydrogen-bond acceptors (Lipinski definition) is 2. The van der Waals surface area contributed by atoms with Gasteiger partial charge in [0.05, 0.1) is 6.29 Å². The van der Waals surface area contributed by atoms with Crippen molar-refractivity contribution in [2.24, 2.45) is 0 Å². The molecule has 0 radical (unpaired) electrons. The van der Waals surface area contributed by atoms with Gasteiger partial charge < -0.3 is 9.79 Å². The number of nitrogens with one attached hydrogen (secondary N) is 1. The fraction of sp³-hybridized carbons (Fsp3) is 0.333. The van der Waals surface area contributed by atoms with Gasteiger partial charge in [0.2, 0.25) is 0 Å². The normalized spacial score (nSPS) is 13.9. The van der Waals surface area contributed by atoms with E-state index in [-0.39, 0.29) is 12.3 Å². The summed E-state index contributed by atoms with van der Waals surface area (Å²) in [6, 6.07) is 9.47. The van der Waals surface area contributed by atoms with Crippen LogP contribution in [-0.2, 0) is 4.57 Å². The molecule has 0 bridgehead atoms. The topological polar surface area (TPSA) is 69.6 Å². The molecule has 5 heteroatoms. The van der Waals surface area contributed by atoms with E-state index in [0.717, 1.165) is 5.56 Å². The quantitative estimate of drug-likeness (QED) is 0.665. The van der Waals surface area contributed by atoms with Crippen molar-refractivity contribution in [3.05, 3.63) is 35.9 Å². The zero-order valence-electron chi connectivity index (χ0n) is 7.92. The summed E-state index contributed by atoms with van der Waals surface area (Å²) in [7, 11) is -3.95. The Kier molecular flexibility index (Phi) is 3.84. The van der Waals surface area contributed by atoms with Crippen LogP contribution in [0.25, 0.3) is 0 Å². The number of rotatable bonds is 4. The minimum Gasteiger partial charge on any atom is -0.324 e. The third-order valence-electron chi connectivity index (χ3n) is 1.90. The molecule has 0 aromatic heterocycles. The van der Waals surface area contributed by atoms with Crippen molar-refractivity contribution in [2.75, 3.05) is 6.29 Å². The molecule has 0 heterocycles. The monoisotopic (exact) mass is 215 g/mol. The van der Waals surface area contributed by atoms with Gasteiger partial charge in [-0.2, -0.15) is 0 Å². The van der Waals surface area contributed by atoms with Gasteiger partial charge in [-0.3, -0.25) is 9.88 Å². The minimum absolute atomic E-state index is 0.0520. The molecule has 0 fully saturated rings. The number of benzene rings is 1. The molecule has 0 spiro atoms. The standard InChI is InChI=1S/C9H14NO3P/c1-8(10-7-14(11,12)13)9-5-3-2-4-6-9/h2-6,8,10H,7H2,1H3,(H2,11,12,13). The van der Waals surface area contributed by atoms with E-state index in [9.17, 15) is 4.57 Å². The summed E-state index contributed by atoms with van der Waals surface area (Å²) in [5.74, 6) is 0. The molecule has 4 nitrogen and oxygen atoms in total. The van der Waals surface area contributed by atoms with Crippen LogP contribution in [0.4, 0.5) is 0 Å². The fourth-order valence-electron chi connectivity index (χ4n) is 1.12. The minimum atomic E-state index is -3.95. The van der Waals surface area contributed by atoms with Crippen molar-refractivity contribution in [1.82, 2.24) is 5.32 Å². The van der Waals surface area contributed by atoms with Crippen LogP contribution in [-0.4, -0.2) is 16.1 Å². The first kappa shape index (κ1) is 11.4. The van der Waals surface area contributed by atoms with Gasteiger partial charge in [0.1, 0.15) is 0 Å². The molecule has 1 rings (SSSR count). The zero-order valence-corrected chi connectivity index (χ0v) is 8.82. The number of hydrogen-bond donors (Lipinski definition) is 3. The summed E-state index contributed by atoms with van der Waals surface area (Å²) >= 11 is 0. The van der Waals surface area contributed by atoms with Gasteiger partial charge in [-0.1, -0.05) is 30.3 Å². The van der Waals surface area contributed by atoms with Crippen molar-refractivity contribution in [2.45, 2.75) is 13.0 Å². The first-order valence-corrected chi connectivity index (χ1v) is 6.12. The fourth-order valence-corrected chi connectivity index (χ4v) is 1.63. The largest absolute Gasteiger partial charge is 0.339 e. The van der Waals surface area contributed by atoms with E-state index in [4.69, 9.17) is 9.79 Å². The van der Waals surface area contributed by atoms with E-state index in [2.05, 4.69) is 5.32 Å². The zero-order chi connectivity index (χ0) is 10.6. The van der Waals surface area contributed by atoms with Crippen LogP contribution in [0, 0.1) is 0 Å². The SMILES string of the molecule is CC(NCP(=O)(O)O)c1ccccc1. The highest BCUT2D eigenvalue weighted by atomic mass is 31.2. The lowest BCUT2D eigenvalue weighted by Crippen LogP contribution is -2.19. The Hall–Kier alpha value is -0.670. The Balaban J connectivity index is 2.52. The average molecular weight is 215 g/mol. The predicted octanol–water partition coefficient (Wildman–Crippen LogP) is 1.47. The van der Waals surface area contributed by atoms with Crippen LogP contribution in [0.15, 0.2) is 30.3 Å². The molecule has 1 aromatic rings. The highest BCUT2D eigenvalue weighted by molar-refractivity contribution is 7.51. The Morgan fingerprint density at radius 1 is 1.36 bits per heavy atom. The third kappa shape index (κ3) is 4.03. The second-order valence-electron chi connectivity index (χ2n) is 3.16. The van der Waals surface area contributed by atoms with E-state index >= 15 is 0 Å². The Labute approximate surface area is 83.1 Å². The van der Waals surface area contributed by atoms with Crippen LogP contribution in [0.2, 0.25) is 0 Å². The molecule has 0 aliphatic heterocycles. The van der Waals surface area contributed by atoms with Gasteiger partial charge in [0.15, 0.2) is 0 Å². The van der Waals surface area contributed by atoms with Gasteiger partial charge in [-0.25, -0.2) is 0 Å². The van der Waals surface area contributed by atoms with Crippen molar-refractivity contribution >= 4 is 7.60 Å². The lowest BCUT2D eigenvalue weighted by atomic mass is 10.1. The van der Waals surface area contributed by atoms with Gasteiger partial charge in [-0.15, -0.1) is 0 Å². The molecule has 0 aliphatic rings. The summed E-state index contributed by atoms with van der Waals surface area (Å²) in [5, 5.41) is 2.78. The Morgan fingerprint density at radius 2 is 1.93 bits per heavy atom. The van der Waals surface area contributed by atoms with Crippen LogP contribution in [0.1, 0.15) is 18.5 Å². The van der Waals surface area contributed by atoms with Gasteiger partial charge >= 0.3 is 7.60 Å². The first-order valence-electron chi connectivity index (χ1n) is 4.32. The molecule has 0 saturated heterocycles. The third-order valence-corrected chi connectivity index (χ3v) is 2.50. The molecular weight excluding hydrogens is 201 g/mol. The van der Waals surface area contributed by atoms with Gasteiger partial charge in [0.25, 0.3) is 0 Å². The van der Waals surface area contributed by atoms with E-state index in [0.29, 0.717) is 0 Å². The maximum absolute atomic E-state index is 10.6. The summed E-state index contributed by atoms with van der Waals surface area (Å²) in [4.78, 5) is 17.3. The van der Waals surface area contributed by atoms with E-state index in [1.807, 2.05) is 37.3 Å². The van der Waals surface area contributed by atoms with Gasteiger partial charge in [0, 0.05) is 6.04 Å². The summed E-state index contributed by atoms with van der Waals surface area (Å²) in [5.41, 5.74) is 1.01. The maximum Gasteiger partial charge on any atom is 0.339 e. The molecule has 1 aromatic carbocycles. The summed E-state index contributed by atoms with van der Waals surface area (Å²) in [6.45, 7) is 1.87. The highest BCUT2D eigenvalue weighted by Gasteiger charge is 2.14. The molecule has 14 heavy (non-hydrogen) atoms. The summed E-state index contributed by atoms with van der Waals surface area (Å²) < 4.78 is 10.6. The van der Waals surface area contributed by atoms with Crippen LogP contribution >= 0.6 is 7.60 Å². The molecule has 78 valence electrons. The second-order valence-corrected chi connectivity index (χ2v) is 4.80. The lowest BCUT2D eigenvalue weighted by molar-refractivity contribution is 0.364. The second kappa shape index (κ2) is 4.71. The van der Waals surface area contributed by atoms with Crippen molar-refractivity contribution in [3.63, 3.8) is 0 Å². The smallest absolute Gasteiger partial charge is 0.324 e. The van der Waals surface area contributed by atoms with Crippen molar-refractivity contribution in [3.8, 4) is 0 Å². The van der Waals surface area contributed by atoms with E-state index in [1.165, 1.54) is 0 Å². The molecule has 3 N–H and O–H groups in total. The molecule has 1 atom stereocenters. The predicted molar refractivity (Wildman–Crippen MR) is 54.9 cm³/mol. The van der Waals surface area contributed by atoms with Crippen LogP contribution in [0.5, 0.6) is 0 Å². The molecule has 0 aliphatic carbocycles. The van der Waals surface area contributed by atoms with Crippen molar-refractivity contribution in [1.29, 1.82) is 0 Å². The Bertz CT molecular complexity index is 322. The van der Waals surface area contributed by atoms with E-state index in [1.54, 1.807) is 0 Å². The van der Waals surface area contributed by atoms with Crippen LogP contribution < -0.4 is 5.32 Å². The molecule has 0 saturated carbocycles. The van der Waals surface area contributed by atoms with E-state index < -0.39 is 7.60 Å². The maximum atomic E-state index is 10.6. The summed E-state index contributed by atoms with van der Waals surface area (Å²) in [6.07, 6.45) is -0.289. The lowest BCUT2D eigenvalue weighted by Gasteiger charge is -2.14. The van der Waals surface area contributed by atoms with Crippen LogP contribution in [0.3, 0.4) is 0 Å². The molecule has 0 amide bonds. The highest BCUT2D eigenvalue weighted by Crippen LogP contribution is 2.33. The molecule has 1 unspecified atom stereocenters. The average Bonchev–Trinajstić information content (AvgIpc) is 2.14. The Morgan fingerprint density at radius 3 is 2.43 bits per heavy atom. The van der Waals surface area contributed by atoms with Gasteiger partial charge in [-0.05, 0) is 12.5 Å². The first-order chi connectivity index (χ1) is 6.49. The molecular formula is C9H14NO3P.